The molecule has 0 radical (unpaired) electrons. The highest BCUT2D eigenvalue weighted by atomic mass is 16.6. The van der Waals surface area contributed by atoms with Crippen LogP contribution < -0.4 is 0 Å². The molecule has 8 heteroatoms. The van der Waals surface area contributed by atoms with Crippen molar-refractivity contribution < 1.29 is 14.1 Å². The summed E-state index contributed by atoms with van der Waals surface area (Å²) in [6.45, 7) is 0.593. The summed E-state index contributed by atoms with van der Waals surface area (Å²) in [6.07, 6.45) is 6.17. The fraction of sp³-hybridized carbons (Fsp3) is 0.0909. The second-order valence-electron chi connectivity index (χ2n) is 6.66. The Labute approximate surface area is 172 Å². The van der Waals surface area contributed by atoms with Crippen molar-refractivity contribution in [1.82, 2.24) is 14.5 Å². The number of hydrogen-bond acceptors (Lipinski definition) is 5. The van der Waals surface area contributed by atoms with E-state index in [0.717, 1.165) is 5.56 Å². The maximum atomic E-state index is 13.3. The Morgan fingerprint density at radius 3 is 2.60 bits per heavy atom. The molecule has 0 atom stereocenters. The van der Waals surface area contributed by atoms with Gasteiger partial charge in [-0.25, -0.2) is 4.98 Å². The van der Waals surface area contributed by atoms with Gasteiger partial charge in [-0.15, -0.1) is 0 Å². The lowest BCUT2D eigenvalue weighted by molar-refractivity contribution is -0.384. The number of imidazole rings is 1. The number of carbonyl (C=O) groups is 1. The Morgan fingerprint density at radius 2 is 1.93 bits per heavy atom. The normalized spacial score (nSPS) is 10.7. The van der Waals surface area contributed by atoms with E-state index in [-0.39, 0.29) is 23.7 Å². The van der Waals surface area contributed by atoms with E-state index >= 15 is 0 Å². The van der Waals surface area contributed by atoms with Gasteiger partial charge in [-0.2, -0.15) is 0 Å². The van der Waals surface area contributed by atoms with Gasteiger partial charge < -0.3 is 13.9 Å². The minimum absolute atomic E-state index is 0.170. The van der Waals surface area contributed by atoms with E-state index in [4.69, 9.17) is 4.42 Å². The van der Waals surface area contributed by atoms with Gasteiger partial charge in [-0.3, -0.25) is 14.9 Å². The number of carbonyl (C=O) groups excluding carboxylic acids is 1. The van der Waals surface area contributed by atoms with Crippen molar-refractivity contribution >= 4 is 11.6 Å². The first-order valence-corrected chi connectivity index (χ1v) is 9.24. The van der Waals surface area contributed by atoms with Crippen LogP contribution in [0.3, 0.4) is 0 Å². The van der Waals surface area contributed by atoms with E-state index in [2.05, 4.69) is 4.98 Å². The third-order valence-corrected chi connectivity index (χ3v) is 4.63. The molecule has 1 amide bonds. The van der Waals surface area contributed by atoms with Gasteiger partial charge >= 0.3 is 0 Å². The molecule has 2 aromatic heterocycles. The molecule has 0 aliphatic heterocycles. The predicted molar refractivity (Wildman–Crippen MR) is 109 cm³/mol. The van der Waals surface area contributed by atoms with Crippen molar-refractivity contribution in [3.63, 3.8) is 0 Å². The second-order valence-corrected chi connectivity index (χ2v) is 6.66. The van der Waals surface area contributed by atoms with Crippen molar-refractivity contribution in [2.75, 3.05) is 0 Å². The quantitative estimate of drug-likeness (QED) is 0.341. The van der Waals surface area contributed by atoms with Crippen LogP contribution in [0.2, 0.25) is 0 Å². The fourth-order valence-electron chi connectivity index (χ4n) is 3.20. The standard InChI is InChI=1S/C22H18N4O4/c27-22(18-8-9-20(21(13-18)26(28)29)24-11-10-23-16-24)25(15-19-7-4-12-30-19)14-17-5-2-1-3-6-17/h1-13,16H,14-15H2. The predicted octanol–water partition coefficient (Wildman–Crippen LogP) is 4.22. The number of hydrogen-bond donors (Lipinski definition) is 0. The lowest BCUT2D eigenvalue weighted by atomic mass is 10.1. The van der Waals surface area contributed by atoms with Crippen LogP contribution in [0.15, 0.2) is 90.1 Å². The number of rotatable bonds is 7. The lowest BCUT2D eigenvalue weighted by Crippen LogP contribution is -2.30. The highest BCUT2D eigenvalue weighted by Gasteiger charge is 2.23. The fourth-order valence-corrected chi connectivity index (χ4v) is 3.20. The zero-order valence-corrected chi connectivity index (χ0v) is 15.9. The van der Waals surface area contributed by atoms with Gasteiger partial charge in [0.15, 0.2) is 0 Å². The minimum atomic E-state index is -0.500. The summed E-state index contributed by atoms with van der Waals surface area (Å²) in [7, 11) is 0. The maximum Gasteiger partial charge on any atom is 0.294 e. The SMILES string of the molecule is O=C(c1ccc(-n2ccnc2)c([N+](=O)[O-])c1)N(Cc1ccccc1)Cc1ccco1. The van der Waals surface area contributed by atoms with Crippen LogP contribution in [0.1, 0.15) is 21.7 Å². The van der Waals surface area contributed by atoms with Crippen molar-refractivity contribution in [3.05, 3.63) is 113 Å². The van der Waals surface area contributed by atoms with E-state index in [0.29, 0.717) is 18.0 Å². The number of nitro benzene ring substituents is 1. The summed E-state index contributed by atoms with van der Waals surface area (Å²) in [4.78, 5) is 30.0. The monoisotopic (exact) mass is 402 g/mol. The van der Waals surface area contributed by atoms with Crippen LogP contribution in [0, 0.1) is 10.1 Å². The highest BCUT2D eigenvalue weighted by molar-refractivity contribution is 5.95. The summed E-state index contributed by atoms with van der Waals surface area (Å²) >= 11 is 0. The Kier molecular flexibility index (Phi) is 5.38. The molecule has 0 spiro atoms. The molecular weight excluding hydrogens is 384 g/mol. The van der Waals surface area contributed by atoms with Gasteiger partial charge in [-0.1, -0.05) is 30.3 Å². The zero-order chi connectivity index (χ0) is 20.9. The van der Waals surface area contributed by atoms with Crippen LogP contribution in [0.25, 0.3) is 5.69 Å². The number of nitro groups is 1. The average molecular weight is 402 g/mol. The molecule has 0 aliphatic rings. The number of benzene rings is 2. The van der Waals surface area contributed by atoms with Gasteiger partial charge in [-0.05, 0) is 29.8 Å². The Hall–Kier alpha value is -4.20. The van der Waals surface area contributed by atoms with Crippen LogP contribution in [0.4, 0.5) is 5.69 Å². The van der Waals surface area contributed by atoms with Crippen molar-refractivity contribution in [2.24, 2.45) is 0 Å². The third kappa shape index (κ3) is 4.12. The topological polar surface area (TPSA) is 94.4 Å². The molecule has 0 saturated carbocycles. The molecule has 0 fully saturated rings. The summed E-state index contributed by atoms with van der Waals surface area (Å²) in [6, 6.07) is 17.5. The van der Waals surface area contributed by atoms with E-state index in [1.807, 2.05) is 30.3 Å². The molecule has 8 nitrogen and oxygen atoms in total. The molecule has 4 rings (SSSR count). The van der Waals surface area contributed by atoms with Crippen molar-refractivity contribution in [3.8, 4) is 5.69 Å². The Balaban J connectivity index is 1.68. The van der Waals surface area contributed by atoms with Crippen molar-refractivity contribution in [2.45, 2.75) is 13.1 Å². The van der Waals surface area contributed by atoms with Gasteiger partial charge in [0, 0.05) is 30.6 Å². The summed E-state index contributed by atoms with van der Waals surface area (Å²) < 4.78 is 6.94. The Bertz CT molecular complexity index is 1140. The maximum absolute atomic E-state index is 13.3. The summed E-state index contributed by atoms with van der Waals surface area (Å²) in [5, 5.41) is 11.6. The molecule has 0 unspecified atom stereocenters. The van der Waals surface area contributed by atoms with E-state index < -0.39 is 4.92 Å². The molecule has 0 aliphatic carbocycles. The van der Waals surface area contributed by atoms with E-state index in [1.165, 1.54) is 23.2 Å². The zero-order valence-electron chi connectivity index (χ0n) is 15.9. The first-order chi connectivity index (χ1) is 14.6. The minimum Gasteiger partial charge on any atom is -0.467 e. The van der Waals surface area contributed by atoms with Crippen LogP contribution in [0.5, 0.6) is 0 Å². The Morgan fingerprint density at radius 1 is 1.10 bits per heavy atom. The van der Waals surface area contributed by atoms with Gasteiger partial charge in [0.2, 0.25) is 0 Å². The molecule has 30 heavy (non-hydrogen) atoms. The number of aromatic nitrogens is 2. The third-order valence-electron chi connectivity index (χ3n) is 4.63. The molecule has 2 aromatic carbocycles. The molecule has 2 heterocycles. The summed E-state index contributed by atoms with van der Waals surface area (Å²) in [5.41, 5.74) is 1.35. The van der Waals surface area contributed by atoms with E-state index in [1.54, 1.807) is 41.6 Å². The first-order valence-electron chi connectivity index (χ1n) is 9.24. The van der Waals surface area contributed by atoms with Crippen molar-refractivity contribution in [1.29, 1.82) is 0 Å². The molecular formula is C22H18N4O4. The van der Waals surface area contributed by atoms with Gasteiger partial charge in [0.25, 0.3) is 11.6 Å². The van der Waals surface area contributed by atoms with E-state index in [9.17, 15) is 14.9 Å². The molecule has 0 N–H and O–H groups in total. The smallest absolute Gasteiger partial charge is 0.294 e. The van der Waals surface area contributed by atoms with Crippen LogP contribution >= 0.6 is 0 Å². The molecule has 4 aromatic rings. The largest absolute Gasteiger partial charge is 0.467 e. The molecule has 150 valence electrons. The lowest BCUT2D eigenvalue weighted by Gasteiger charge is -2.22. The number of furan rings is 1. The average Bonchev–Trinajstić information content (AvgIpc) is 3.47. The first kappa shape index (κ1) is 19.1. The molecule has 0 saturated heterocycles. The van der Waals surface area contributed by atoms with Crippen LogP contribution in [-0.2, 0) is 13.1 Å². The number of nitrogens with zero attached hydrogens (tertiary/aromatic N) is 4. The summed E-state index contributed by atoms with van der Waals surface area (Å²) in [5.74, 6) is 0.305. The number of amides is 1. The van der Waals surface area contributed by atoms with Gasteiger partial charge in [0.1, 0.15) is 11.4 Å². The highest BCUT2D eigenvalue weighted by Crippen LogP contribution is 2.25. The second kappa shape index (κ2) is 8.44. The molecule has 0 bridgehead atoms. The van der Waals surface area contributed by atoms with Crippen LogP contribution in [-0.4, -0.2) is 25.3 Å². The van der Waals surface area contributed by atoms with Gasteiger partial charge in [0.05, 0.1) is 24.1 Å².